The Balaban J connectivity index is 2.09. The molecular formula is C12H16O. The first-order valence-electron chi connectivity index (χ1n) is 5.44. The van der Waals surface area contributed by atoms with Crippen LogP contribution in [0.2, 0.25) is 0 Å². The lowest BCUT2D eigenvalue weighted by Gasteiger charge is -2.46. The van der Waals surface area contributed by atoms with Crippen LogP contribution >= 0.6 is 0 Å². The second kappa shape index (κ2) is 2.26. The van der Waals surface area contributed by atoms with Crippen molar-refractivity contribution in [1.82, 2.24) is 0 Å². The molecule has 0 spiro atoms. The molecule has 0 amide bonds. The van der Waals surface area contributed by atoms with Crippen LogP contribution in [-0.4, -0.2) is 5.78 Å². The van der Waals surface area contributed by atoms with Crippen molar-refractivity contribution in [3.05, 3.63) is 12.2 Å². The van der Waals surface area contributed by atoms with Gasteiger partial charge in [-0.1, -0.05) is 25.5 Å². The Hall–Kier alpha value is -0.590. The molecule has 3 rings (SSSR count). The summed E-state index contributed by atoms with van der Waals surface area (Å²) in [4.78, 5) is 12.2. The minimum absolute atomic E-state index is 0.0203. The van der Waals surface area contributed by atoms with Gasteiger partial charge in [-0.15, -0.1) is 0 Å². The summed E-state index contributed by atoms with van der Waals surface area (Å²) >= 11 is 0. The van der Waals surface area contributed by atoms with Gasteiger partial charge in [0.25, 0.3) is 0 Å². The molecule has 0 aromatic rings. The summed E-state index contributed by atoms with van der Waals surface area (Å²) in [5, 5.41) is 0. The van der Waals surface area contributed by atoms with Crippen LogP contribution in [0.5, 0.6) is 0 Å². The number of Topliss-reactive ketones (excluding diaryl/α,β-unsaturated/α-hetero) is 1. The van der Waals surface area contributed by atoms with Crippen molar-refractivity contribution in [2.45, 2.75) is 32.6 Å². The maximum atomic E-state index is 12.2. The first-order chi connectivity index (χ1) is 6.22. The summed E-state index contributed by atoms with van der Waals surface area (Å²) in [5.41, 5.74) is 0.0203. The van der Waals surface area contributed by atoms with Gasteiger partial charge in [-0.05, 0) is 31.1 Å². The molecule has 0 radical (unpaired) electrons. The van der Waals surface area contributed by atoms with Crippen LogP contribution in [-0.2, 0) is 4.79 Å². The average Bonchev–Trinajstić information content (AvgIpc) is 2.55. The third-order valence-corrected chi connectivity index (χ3v) is 4.56. The fraction of sp³-hybridized carbons (Fsp3) is 0.750. The molecule has 13 heavy (non-hydrogen) atoms. The van der Waals surface area contributed by atoms with E-state index in [1.54, 1.807) is 0 Å². The molecule has 0 N–H and O–H groups in total. The largest absolute Gasteiger partial charge is 0.299 e. The summed E-state index contributed by atoms with van der Waals surface area (Å²) in [6.07, 6.45) is 9.42. The molecule has 0 aromatic heterocycles. The summed E-state index contributed by atoms with van der Waals surface area (Å²) in [7, 11) is 0. The van der Waals surface area contributed by atoms with Crippen LogP contribution in [0, 0.1) is 23.2 Å². The highest BCUT2D eigenvalue weighted by atomic mass is 16.1. The van der Waals surface area contributed by atoms with E-state index in [9.17, 15) is 4.79 Å². The Labute approximate surface area is 79.2 Å². The molecule has 0 aliphatic heterocycles. The zero-order valence-electron chi connectivity index (χ0n) is 8.12. The van der Waals surface area contributed by atoms with Crippen molar-refractivity contribution < 1.29 is 4.79 Å². The second-order valence-electron chi connectivity index (χ2n) is 5.17. The number of carbonyl (C=O) groups excluding carboxylic acids is 1. The molecule has 3 aliphatic rings. The van der Waals surface area contributed by atoms with E-state index in [1.165, 1.54) is 12.8 Å². The predicted molar refractivity (Wildman–Crippen MR) is 51.2 cm³/mol. The van der Waals surface area contributed by atoms with Crippen LogP contribution in [0.3, 0.4) is 0 Å². The minimum Gasteiger partial charge on any atom is -0.299 e. The van der Waals surface area contributed by atoms with Crippen molar-refractivity contribution in [3.8, 4) is 0 Å². The number of rotatable bonds is 0. The zero-order valence-corrected chi connectivity index (χ0v) is 8.12. The van der Waals surface area contributed by atoms with Gasteiger partial charge in [-0.2, -0.15) is 0 Å². The quantitative estimate of drug-likeness (QED) is 0.518. The average molecular weight is 176 g/mol. The fourth-order valence-electron chi connectivity index (χ4n) is 3.64. The normalized spacial score (nSPS) is 52.7. The zero-order chi connectivity index (χ0) is 9.05. The first kappa shape index (κ1) is 7.78. The maximum absolute atomic E-state index is 12.2. The van der Waals surface area contributed by atoms with E-state index in [0.29, 0.717) is 23.5 Å². The van der Waals surface area contributed by atoms with Gasteiger partial charge in [0.15, 0.2) is 0 Å². The predicted octanol–water partition coefficient (Wildman–Crippen LogP) is 2.57. The molecule has 1 heteroatoms. The Kier molecular flexibility index (Phi) is 1.35. The summed E-state index contributed by atoms with van der Waals surface area (Å²) in [6.45, 7) is 2.19. The van der Waals surface area contributed by atoms with Crippen molar-refractivity contribution in [2.24, 2.45) is 23.2 Å². The van der Waals surface area contributed by atoms with Gasteiger partial charge in [0.05, 0.1) is 0 Å². The molecule has 2 saturated carbocycles. The Morgan fingerprint density at radius 1 is 1.46 bits per heavy atom. The van der Waals surface area contributed by atoms with Gasteiger partial charge in [-0.25, -0.2) is 0 Å². The van der Waals surface area contributed by atoms with Gasteiger partial charge in [0.1, 0.15) is 5.78 Å². The Bertz CT molecular complexity index is 291. The standard InChI is InChI=1S/C12H16O/c1-12-6-2-3-10(11(12)13)8-4-5-9(12)7-8/h4-5,8-10H,2-3,6-7H2,1H3/t8-,9+,10-,12-/m1/s1. The van der Waals surface area contributed by atoms with Crippen molar-refractivity contribution in [3.63, 3.8) is 0 Å². The molecule has 0 saturated heterocycles. The van der Waals surface area contributed by atoms with Crippen molar-refractivity contribution in [2.75, 3.05) is 0 Å². The van der Waals surface area contributed by atoms with E-state index in [0.717, 1.165) is 12.8 Å². The molecule has 3 aliphatic carbocycles. The van der Waals surface area contributed by atoms with E-state index in [-0.39, 0.29) is 5.41 Å². The van der Waals surface area contributed by atoms with Crippen LogP contribution in [0.1, 0.15) is 32.6 Å². The molecule has 1 nitrogen and oxygen atoms in total. The summed E-state index contributed by atoms with van der Waals surface area (Å²) in [6, 6.07) is 0. The number of hydrogen-bond acceptors (Lipinski definition) is 1. The Morgan fingerprint density at radius 3 is 3.15 bits per heavy atom. The van der Waals surface area contributed by atoms with Crippen LogP contribution in [0.25, 0.3) is 0 Å². The molecule has 70 valence electrons. The van der Waals surface area contributed by atoms with Crippen LogP contribution in [0.15, 0.2) is 12.2 Å². The molecule has 0 heterocycles. The lowest BCUT2D eigenvalue weighted by molar-refractivity contribution is -0.143. The highest BCUT2D eigenvalue weighted by Crippen LogP contribution is 2.55. The number of hydrogen-bond donors (Lipinski definition) is 0. The number of ketones is 1. The third-order valence-electron chi connectivity index (χ3n) is 4.56. The SMILES string of the molecule is C[C@]12CCC[C@@H](C1=O)[C@@H]1C=C[C@H]2C1. The second-order valence-corrected chi connectivity index (χ2v) is 5.17. The number of allylic oxidation sites excluding steroid dienone is 2. The van der Waals surface area contributed by atoms with Gasteiger partial charge >= 0.3 is 0 Å². The van der Waals surface area contributed by atoms with Crippen LogP contribution in [0.4, 0.5) is 0 Å². The van der Waals surface area contributed by atoms with Crippen molar-refractivity contribution in [1.29, 1.82) is 0 Å². The van der Waals surface area contributed by atoms with Crippen LogP contribution < -0.4 is 0 Å². The highest BCUT2D eigenvalue weighted by molar-refractivity contribution is 5.89. The third kappa shape index (κ3) is 0.806. The fourth-order valence-corrected chi connectivity index (χ4v) is 3.64. The van der Waals surface area contributed by atoms with Gasteiger partial charge in [0.2, 0.25) is 0 Å². The number of fused-ring (bicyclic) bond motifs is 6. The monoisotopic (exact) mass is 176 g/mol. The minimum atomic E-state index is 0.0203. The smallest absolute Gasteiger partial charge is 0.142 e. The summed E-state index contributed by atoms with van der Waals surface area (Å²) in [5.74, 6) is 2.13. The van der Waals surface area contributed by atoms with E-state index in [2.05, 4.69) is 19.1 Å². The van der Waals surface area contributed by atoms with Gasteiger partial charge in [-0.3, -0.25) is 4.79 Å². The maximum Gasteiger partial charge on any atom is 0.142 e. The van der Waals surface area contributed by atoms with E-state index in [4.69, 9.17) is 0 Å². The van der Waals surface area contributed by atoms with Gasteiger partial charge < -0.3 is 0 Å². The molecule has 4 atom stereocenters. The first-order valence-corrected chi connectivity index (χ1v) is 5.44. The molecule has 0 unspecified atom stereocenters. The lowest BCUT2D eigenvalue weighted by Crippen LogP contribution is -2.47. The van der Waals surface area contributed by atoms with Crippen molar-refractivity contribution >= 4 is 5.78 Å². The topological polar surface area (TPSA) is 17.1 Å². The summed E-state index contributed by atoms with van der Waals surface area (Å²) < 4.78 is 0. The molecular weight excluding hydrogens is 160 g/mol. The van der Waals surface area contributed by atoms with E-state index < -0.39 is 0 Å². The Morgan fingerprint density at radius 2 is 2.31 bits per heavy atom. The highest BCUT2D eigenvalue weighted by Gasteiger charge is 2.53. The number of carbonyl (C=O) groups is 1. The molecule has 4 bridgehead atoms. The molecule has 0 aromatic carbocycles. The molecule has 2 fully saturated rings. The van der Waals surface area contributed by atoms with Gasteiger partial charge in [0, 0.05) is 11.3 Å². The van der Waals surface area contributed by atoms with E-state index in [1.807, 2.05) is 0 Å². The van der Waals surface area contributed by atoms with E-state index >= 15 is 0 Å². The lowest BCUT2D eigenvalue weighted by atomic mass is 9.56.